The molecule has 0 atom stereocenters. The molecule has 2 N–H and O–H groups in total. The van der Waals surface area contributed by atoms with Crippen LogP contribution in [0.4, 0.5) is 11.4 Å². The fourth-order valence-corrected chi connectivity index (χ4v) is 2.66. The van der Waals surface area contributed by atoms with Gasteiger partial charge in [-0.2, -0.15) is 0 Å². The summed E-state index contributed by atoms with van der Waals surface area (Å²) in [7, 11) is 0. The number of carbonyl (C=O) groups is 2. The smallest absolute Gasteiger partial charge is 0.306 e. The highest BCUT2D eigenvalue weighted by molar-refractivity contribution is 6.32. The summed E-state index contributed by atoms with van der Waals surface area (Å²) < 4.78 is 0. The summed E-state index contributed by atoms with van der Waals surface area (Å²) in [6, 6.07) is 4.05. The van der Waals surface area contributed by atoms with Crippen LogP contribution in [0.3, 0.4) is 0 Å². The van der Waals surface area contributed by atoms with Gasteiger partial charge in [-0.3, -0.25) is 24.6 Å². The molecule has 1 aromatic carbocycles. The number of halogens is 2. The summed E-state index contributed by atoms with van der Waals surface area (Å²) >= 11 is 5.71. The van der Waals surface area contributed by atoms with E-state index in [0.717, 1.165) is 0 Å². The van der Waals surface area contributed by atoms with Gasteiger partial charge in [0.15, 0.2) is 0 Å². The van der Waals surface area contributed by atoms with Gasteiger partial charge >= 0.3 is 5.97 Å². The molecule has 0 aliphatic carbocycles. The van der Waals surface area contributed by atoms with E-state index in [2.05, 4.69) is 5.32 Å². The number of nitrogens with one attached hydrogen (secondary N) is 1. The van der Waals surface area contributed by atoms with E-state index in [1.54, 1.807) is 0 Å². The van der Waals surface area contributed by atoms with Crippen LogP contribution in [0.15, 0.2) is 18.2 Å². The minimum Gasteiger partial charge on any atom is -0.481 e. The zero-order chi connectivity index (χ0) is 17.0. The Morgan fingerprint density at radius 2 is 2.00 bits per heavy atom. The molecule has 0 aromatic heterocycles. The number of likely N-dealkylation sites (tertiary alicyclic amines) is 1. The molecule has 132 valence electrons. The molecule has 0 bridgehead atoms. The van der Waals surface area contributed by atoms with Crippen molar-refractivity contribution < 1.29 is 19.6 Å². The molecular weight excluding hydrogens is 361 g/mol. The van der Waals surface area contributed by atoms with Gasteiger partial charge in [-0.1, -0.05) is 11.6 Å². The maximum Gasteiger partial charge on any atom is 0.306 e. The van der Waals surface area contributed by atoms with E-state index >= 15 is 0 Å². The third-order valence-corrected chi connectivity index (χ3v) is 4.05. The fraction of sp³-hybridized carbons (Fsp3) is 0.429. The van der Waals surface area contributed by atoms with Gasteiger partial charge < -0.3 is 10.4 Å². The van der Waals surface area contributed by atoms with E-state index in [9.17, 15) is 19.7 Å². The van der Waals surface area contributed by atoms with Gasteiger partial charge in [-0.15, -0.1) is 12.4 Å². The number of carbonyl (C=O) groups excluding carboxylic acids is 1. The van der Waals surface area contributed by atoms with Gasteiger partial charge in [0.1, 0.15) is 5.02 Å². The fourth-order valence-electron chi connectivity index (χ4n) is 2.47. The Morgan fingerprint density at radius 3 is 2.54 bits per heavy atom. The highest BCUT2D eigenvalue weighted by Crippen LogP contribution is 2.27. The van der Waals surface area contributed by atoms with E-state index in [4.69, 9.17) is 16.7 Å². The van der Waals surface area contributed by atoms with Crippen molar-refractivity contribution in [3.63, 3.8) is 0 Å². The zero-order valence-corrected chi connectivity index (χ0v) is 14.2. The Kier molecular flexibility index (Phi) is 7.40. The van der Waals surface area contributed by atoms with Gasteiger partial charge in [0.25, 0.3) is 5.69 Å². The van der Waals surface area contributed by atoms with Crippen LogP contribution < -0.4 is 5.32 Å². The minimum atomic E-state index is -0.803. The Bertz CT molecular complexity index is 633. The summed E-state index contributed by atoms with van der Waals surface area (Å²) in [5.74, 6) is -1.47. The Morgan fingerprint density at radius 1 is 1.38 bits per heavy atom. The predicted octanol–water partition coefficient (Wildman–Crippen LogP) is 2.41. The number of anilines is 1. The highest BCUT2D eigenvalue weighted by atomic mass is 35.5. The molecule has 1 heterocycles. The largest absolute Gasteiger partial charge is 0.481 e. The number of carboxylic acid groups (broad SMARTS) is 1. The molecule has 1 amide bonds. The van der Waals surface area contributed by atoms with Crippen LogP contribution in [0.5, 0.6) is 0 Å². The lowest BCUT2D eigenvalue weighted by atomic mass is 9.97. The second-order valence-corrected chi connectivity index (χ2v) is 5.77. The quantitative estimate of drug-likeness (QED) is 0.601. The second-order valence-electron chi connectivity index (χ2n) is 5.36. The van der Waals surface area contributed by atoms with Crippen LogP contribution in [-0.4, -0.2) is 46.4 Å². The van der Waals surface area contributed by atoms with E-state index < -0.39 is 10.9 Å². The molecule has 0 spiro atoms. The molecule has 1 aliphatic heterocycles. The minimum absolute atomic E-state index is 0. The molecule has 24 heavy (non-hydrogen) atoms. The monoisotopic (exact) mass is 377 g/mol. The van der Waals surface area contributed by atoms with Crippen LogP contribution >= 0.6 is 24.0 Å². The van der Waals surface area contributed by atoms with Gasteiger partial charge in [-0.05, 0) is 38.1 Å². The Hall–Kier alpha value is -1.90. The highest BCUT2D eigenvalue weighted by Gasteiger charge is 2.25. The number of piperidine rings is 1. The first kappa shape index (κ1) is 20.1. The molecule has 0 saturated carbocycles. The van der Waals surface area contributed by atoms with Crippen molar-refractivity contribution in [3.05, 3.63) is 33.3 Å². The van der Waals surface area contributed by atoms with E-state index in [0.29, 0.717) is 31.6 Å². The van der Waals surface area contributed by atoms with Crippen LogP contribution in [-0.2, 0) is 9.59 Å². The lowest BCUT2D eigenvalue weighted by Gasteiger charge is -2.29. The maximum atomic E-state index is 12.0. The standard InChI is InChI=1S/C14H16ClN3O5.ClH/c15-11-2-1-10(7-12(11)18(22)23)16-13(19)8-17-5-3-9(4-6-17)14(20)21;/h1-2,7,9H,3-6,8H2,(H,16,19)(H,20,21);1H. The summed E-state index contributed by atoms with van der Waals surface area (Å²) in [5, 5.41) is 22.3. The Labute approximate surface area is 149 Å². The first-order valence-corrected chi connectivity index (χ1v) is 7.43. The molecule has 1 saturated heterocycles. The molecule has 0 radical (unpaired) electrons. The number of nitrogens with zero attached hydrogens (tertiary/aromatic N) is 2. The van der Waals surface area contributed by atoms with E-state index in [-0.39, 0.29) is 41.5 Å². The second kappa shape index (κ2) is 8.81. The summed E-state index contributed by atoms with van der Waals surface area (Å²) in [4.78, 5) is 34.9. The lowest BCUT2D eigenvalue weighted by molar-refractivity contribution is -0.384. The zero-order valence-electron chi connectivity index (χ0n) is 12.6. The van der Waals surface area contributed by atoms with Crippen molar-refractivity contribution in [1.29, 1.82) is 0 Å². The summed E-state index contributed by atoms with van der Waals surface area (Å²) in [5.41, 5.74) is 0.0262. The number of nitro groups is 1. The number of hydrogen-bond acceptors (Lipinski definition) is 5. The van der Waals surface area contributed by atoms with Crippen LogP contribution in [0, 0.1) is 16.0 Å². The summed E-state index contributed by atoms with van der Waals surface area (Å²) in [6.07, 6.45) is 1.02. The van der Waals surface area contributed by atoms with Gasteiger partial charge in [0.2, 0.25) is 5.91 Å². The molecule has 10 heteroatoms. The van der Waals surface area contributed by atoms with Crippen LogP contribution in [0.25, 0.3) is 0 Å². The first-order chi connectivity index (χ1) is 10.9. The van der Waals surface area contributed by atoms with Crippen molar-refractivity contribution in [1.82, 2.24) is 4.90 Å². The van der Waals surface area contributed by atoms with Crippen molar-refractivity contribution in [2.24, 2.45) is 5.92 Å². The van der Waals surface area contributed by atoms with Gasteiger partial charge in [-0.25, -0.2) is 0 Å². The normalized spacial score (nSPS) is 15.4. The lowest BCUT2D eigenvalue weighted by Crippen LogP contribution is -2.40. The molecule has 2 rings (SSSR count). The third-order valence-electron chi connectivity index (χ3n) is 3.73. The van der Waals surface area contributed by atoms with Crippen molar-refractivity contribution >= 4 is 47.3 Å². The average Bonchev–Trinajstić information content (AvgIpc) is 2.49. The molecule has 8 nitrogen and oxygen atoms in total. The SMILES string of the molecule is Cl.O=C(CN1CCC(C(=O)O)CC1)Nc1ccc(Cl)c([N+](=O)[O-])c1. The van der Waals surface area contributed by atoms with Gasteiger partial charge in [0, 0.05) is 11.8 Å². The predicted molar refractivity (Wildman–Crippen MR) is 90.8 cm³/mol. The number of amides is 1. The number of nitro benzene ring substituents is 1. The third kappa shape index (κ3) is 5.33. The van der Waals surface area contributed by atoms with Crippen LogP contribution in [0.2, 0.25) is 5.02 Å². The maximum absolute atomic E-state index is 12.0. The number of hydrogen-bond donors (Lipinski definition) is 2. The number of carboxylic acids is 1. The molecule has 1 aromatic rings. The van der Waals surface area contributed by atoms with E-state index in [1.165, 1.54) is 18.2 Å². The van der Waals surface area contributed by atoms with Gasteiger partial charge in [0.05, 0.1) is 17.4 Å². The Balaban J connectivity index is 0.00000288. The molecule has 0 unspecified atom stereocenters. The molecular formula is C14H17Cl2N3O5. The summed E-state index contributed by atoms with van der Waals surface area (Å²) in [6.45, 7) is 1.18. The molecule has 1 fully saturated rings. The van der Waals surface area contributed by atoms with Crippen molar-refractivity contribution in [2.45, 2.75) is 12.8 Å². The topological polar surface area (TPSA) is 113 Å². The van der Waals surface area contributed by atoms with Crippen molar-refractivity contribution in [3.8, 4) is 0 Å². The number of aliphatic carboxylic acids is 1. The molecule has 1 aliphatic rings. The van der Waals surface area contributed by atoms with Crippen molar-refractivity contribution in [2.75, 3.05) is 25.0 Å². The first-order valence-electron chi connectivity index (χ1n) is 7.06. The number of benzene rings is 1. The van der Waals surface area contributed by atoms with Crippen LogP contribution in [0.1, 0.15) is 12.8 Å². The van der Waals surface area contributed by atoms with E-state index in [1.807, 2.05) is 4.90 Å². The number of rotatable bonds is 5. The average molecular weight is 378 g/mol.